The first-order valence-electron chi connectivity index (χ1n) is 7.05. The van der Waals surface area contributed by atoms with Crippen LogP contribution in [0.5, 0.6) is 5.75 Å². The molecule has 2 aromatic rings. The third kappa shape index (κ3) is 4.14. The highest BCUT2D eigenvalue weighted by Gasteiger charge is 2.08. The second-order valence-corrected chi connectivity index (χ2v) is 5.43. The van der Waals surface area contributed by atoms with E-state index < -0.39 is 0 Å². The molecule has 0 fully saturated rings. The fraction of sp³-hybridized carbons (Fsp3) is 0.412. The monoisotopic (exact) mass is 273 g/mol. The highest BCUT2D eigenvalue weighted by molar-refractivity contribution is 5.27. The Hall–Kier alpha value is -1.74. The van der Waals surface area contributed by atoms with E-state index in [0.29, 0.717) is 12.6 Å². The second-order valence-electron chi connectivity index (χ2n) is 5.43. The van der Waals surface area contributed by atoms with E-state index >= 15 is 0 Å². The maximum Gasteiger partial charge on any atom is 0.119 e. The Bertz CT molecular complexity index is 541. The highest BCUT2D eigenvalue weighted by atomic mass is 16.5. The third-order valence-corrected chi connectivity index (χ3v) is 3.17. The van der Waals surface area contributed by atoms with Crippen LogP contribution in [0.2, 0.25) is 0 Å². The molecule has 0 unspecified atom stereocenters. The minimum absolute atomic E-state index is 0.452. The van der Waals surface area contributed by atoms with Crippen molar-refractivity contribution in [1.29, 1.82) is 0 Å². The zero-order valence-electron chi connectivity index (χ0n) is 12.7. The van der Waals surface area contributed by atoms with Crippen molar-refractivity contribution >= 4 is 0 Å². The number of nitrogens with one attached hydrogen (secondary N) is 1. The van der Waals surface area contributed by atoms with Crippen molar-refractivity contribution in [2.24, 2.45) is 0 Å². The number of rotatable bonds is 6. The quantitative estimate of drug-likeness (QED) is 0.864. The predicted molar refractivity (Wildman–Crippen MR) is 80.9 cm³/mol. The van der Waals surface area contributed by atoms with E-state index in [9.17, 15) is 0 Å². The van der Waals surface area contributed by atoms with Gasteiger partial charge in [0.2, 0.25) is 0 Å². The van der Waals surface area contributed by atoms with E-state index in [1.165, 1.54) is 5.56 Å². The summed E-state index contributed by atoms with van der Waals surface area (Å²) >= 11 is 0. The molecule has 1 heterocycles. The van der Waals surface area contributed by atoms with Gasteiger partial charge in [0.25, 0.3) is 0 Å². The molecule has 1 aromatic heterocycles. The summed E-state index contributed by atoms with van der Waals surface area (Å²) in [5, 5.41) is 3.35. The Balaban J connectivity index is 1.94. The van der Waals surface area contributed by atoms with Crippen LogP contribution in [0.25, 0.3) is 0 Å². The van der Waals surface area contributed by atoms with E-state index in [2.05, 4.69) is 44.3 Å². The molecule has 0 saturated carbocycles. The molecule has 0 atom stereocenters. The average molecular weight is 273 g/mol. The third-order valence-electron chi connectivity index (χ3n) is 3.17. The maximum atomic E-state index is 5.79. The van der Waals surface area contributed by atoms with Crippen molar-refractivity contribution in [3.63, 3.8) is 0 Å². The van der Waals surface area contributed by atoms with Crippen LogP contribution in [-0.2, 0) is 13.2 Å². The van der Waals surface area contributed by atoms with Gasteiger partial charge in [0.05, 0.1) is 6.54 Å². The molecule has 108 valence electrons. The summed E-state index contributed by atoms with van der Waals surface area (Å²) in [6, 6.07) is 10.6. The molecule has 3 nitrogen and oxygen atoms in total. The maximum absolute atomic E-state index is 5.79. The molecule has 20 heavy (non-hydrogen) atoms. The van der Waals surface area contributed by atoms with Gasteiger partial charge in [0.1, 0.15) is 23.9 Å². The summed E-state index contributed by atoms with van der Waals surface area (Å²) in [6.45, 7) is 9.59. The summed E-state index contributed by atoms with van der Waals surface area (Å²) in [6.07, 6.45) is 0. The standard InChI is InChI=1S/C17H23NO2/c1-12(2)18-10-17-9-15(14(4)20-17)11-19-16-7-5-13(3)6-8-16/h5-9,12,18H,10-11H2,1-4H3. The van der Waals surface area contributed by atoms with Crippen molar-refractivity contribution in [3.05, 3.63) is 53.0 Å². The van der Waals surface area contributed by atoms with Gasteiger partial charge in [-0.05, 0) is 32.0 Å². The first kappa shape index (κ1) is 14.7. The first-order valence-corrected chi connectivity index (χ1v) is 7.05. The molecule has 0 bridgehead atoms. The van der Waals surface area contributed by atoms with Crippen molar-refractivity contribution in [3.8, 4) is 5.75 Å². The molecular formula is C17H23NO2. The van der Waals surface area contributed by atoms with Crippen LogP contribution in [0.15, 0.2) is 34.7 Å². The van der Waals surface area contributed by atoms with E-state index in [-0.39, 0.29) is 0 Å². The lowest BCUT2D eigenvalue weighted by Crippen LogP contribution is -2.21. The van der Waals surface area contributed by atoms with Gasteiger partial charge in [-0.15, -0.1) is 0 Å². The van der Waals surface area contributed by atoms with Gasteiger partial charge in [-0.25, -0.2) is 0 Å². The molecule has 0 aliphatic rings. The fourth-order valence-corrected chi connectivity index (χ4v) is 1.92. The van der Waals surface area contributed by atoms with Crippen LogP contribution in [0, 0.1) is 13.8 Å². The number of hydrogen-bond acceptors (Lipinski definition) is 3. The van der Waals surface area contributed by atoms with Crippen LogP contribution >= 0.6 is 0 Å². The molecular weight excluding hydrogens is 250 g/mol. The SMILES string of the molecule is Cc1ccc(OCc2cc(CNC(C)C)oc2C)cc1. The van der Waals surface area contributed by atoms with Crippen molar-refractivity contribution in [1.82, 2.24) is 5.32 Å². The normalized spacial score (nSPS) is 11.1. The van der Waals surface area contributed by atoms with E-state index in [1.807, 2.05) is 19.1 Å². The van der Waals surface area contributed by atoms with Crippen LogP contribution in [0.4, 0.5) is 0 Å². The molecule has 0 aliphatic heterocycles. The minimum Gasteiger partial charge on any atom is -0.489 e. The van der Waals surface area contributed by atoms with Gasteiger partial charge in [0, 0.05) is 11.6 Å². The molecule has 1 N–H and O–H groups in total. The molecule has 1 aromatic carbocycles. The van der Waals surface area contributed by atoms with E-state index in [4.69, 9.17) is 9.15 Å². The fourth-order valence-electron chi connectivity index (χ4n) is 1.92. The summed E-state index contributed by atoms with van der Waals surface area (Å²) in [5.74, 6) is 2.77. The summed E-state index contributed by atoms with van der Waals surface area (Å²) in [5.41, 5.74) is 2.34. The van der Waals surface area contributed by atoms with Crippen LogP contribution in [-0.4, -0.2) is 6.04 Å². The zero-order valence-corrected chi connectivity index (χ0v) is 12.7. The summed E-state index contributed by atoms with van der Waals surface area (Å²) in [4.78, 5) is 0. The smallest absolute Gasteiger partial charge is 0.119 e. The largest absolute Gasteiger partial charge is 0.489 e. The lowest BCUT2D eigenvalue weighted by atomic mass is 10.2. The molecule has 0 spiro atoms. The van der Waals surface area contributed by atoms with Gasteiger partial charge in [-0.3, -0.25) is 0 Å². The predicted octanol–water partition coefficient (Wildman–Crippen LogP) is 3.97. The van der Waals surface area contributed by atoms with Gasteiger partial charge in [0.15, 0.2) is 0 Å². The van der Waals surface area contributed by atoms with E-state index in [1.54, 1.807) is 0 Å². The van der Waals surface area contributed by atoms with Crippen LogP contribution in [0.1, 0.15) is 36.5 Å². The van der Waals surface area contributed by atoms with Crippen LogP contribution < -0.4 is 10.1 Å². The molecule has 0 aliphatic carbocycles. The molecule has 2 rings (SSSR count). The van der Waals surface area contributed by atoms with Gasteiger partial charge >= 0.3 is 0 Å². The molecule has 0 amide bonds. The topological polar surface area (TPSA) is 34.4 Å². The zero-order chi connectivity index (χ0) is 14.5. The number of hydrogen-bond donors (Lipinski definition) is 1. The van der Waals surface area contributed by atoms with Crippen molar-refractivity contribution in [2.45, 2.75) is 46.9 Å². The Labute approximate surface area is 121 Å². The lowest BCUT2D eigenvalue weighted by Gasteiger charge is -2.05. The van der Waals surface area contributed by atoms with Crippen molar-refractivity contribution < 1.29 is 9.15 Å². The van der Waals surface area contributed by atoms with Gasteiger partial charge in [-0.1, -0.05) is 31.5 Å². The Morgan fingerprint density at radius 1 is 1.15 bits per heavy atom. The average Bonchev–Trinajstić information content (AvgIpc) is 2.76. The number of furan rings is 1. The summed E-state index contributed by atoms with van der Waals surface area (Å²) < 4.78 is 11.5. The number of benzene rings is 1. The van der Waals surface area contributed by atoms with Crippen molar-refractivity contribution in [2.75, 3.05) is 0 Å². The summed E-state index contributed by atoms with van der Waals surface area (Å²) in [7, 11) is 0. The van der Waals surface area contributed by atoms with E-state index in [0.717, 1.165) is 29.4 Å². The Morgan fingerprint density at radius 2 is 1.85 bits per heavy atom. The molecule has 0 radical (unpaired) electrons. The van der Waals surface area contributed by atoms with Crippen LogP contribution in [0.3, 0.4) is 0 Å². The van der Waals surface area contributed by atoms with Gasteiger partial charge < -0.3 is 14.5 Å². The minimum atomic E-state index is 0.452. The van der Waals surface area contributed by atoms with Gasteiger partial charge in [-0.2, -0.15) is 0 Å². The number of ether oxygens (including phenoxy) is 1. The highest BCUT2D eigenvalue weighted by Crippen LogP contribution is 2.18. The Morgan fingerprint density at radius 3 is 2.50 bits per heavy atom. The lowest BCUT2D eigenvalue weighted by molar-refractivity contribution is 0.303. The molecule has 0 saturated heterocycles. The second kappa shape index (κ2) is 6.62. The first-order chi connectivity index (χ1) is 9.54. The Kier molecular flexibility index (Phi) is 4.85. The number of aryl methyl sites for hydroxylation is 2. The molecule has 3 heteroatoms.